The van der Waals surface area contributed by atoms with Gasteiger partial charge in [0.05, 0.1) is 0 Å². The first-order valence-corrected chi connectivity index (χ1v) is 37.2. The number of rotatable bonds is 25. The van der Waals surface area contributed by atoms with Crippen LogP contribution in [-0.4, -0.2) is 0 Å². The maximum absolute atomic E-state index is 14.5. The van der Waals surface area contributed by atoms with Crippen LogP contribution in [0, 0.1) is 62.3 Å². The van der Waals surface area contributed by atoms with Crippen molar-refractivity contribution in [3.05, 3.63) is 323 Å². The monoisotopic (exact) mass is 1390 g/mol. The summed E-state index contributed by atoms with van der Waals surface area (Å²) in [7, 11) is -16.6. The van der Waals surface area contributed by atoms with Crippen LogP contribution in [0.2, 0.25) is 0 Å². The Morgan fingerprint density at radius 2 is 0.408 bits per heavy atom. The summed E-state index contributed by atoms with van der Waals surface area (Å²) in [5.41, 5.74) is 8.31. The summed E-state index contributed by atoms with van der Waals surface area (Å²) in [6.07, 6.45) is 0. The number of hydrogen-bond acceptors (Lipinski definition) is 16. The number of para-hydroxylation sites is 8. The SMILES string of the molecule is CC(C)c1ccc(OP(=O)(Oc2ccccc2)Oc2ccccc2)cc1.Cc1ccc(OP(=O)(Oc2ccccc2)Oc2ccccc2)cc1.Cc1cccc(C)c1OP(=O)(Oc1cccc(OP(=O)(Oc2c(C)cccc2C)Oc2c(C)cccc2C)c1)Oc1c(C)cccc1C. The van der Waals surface area contributed by atoms with Crippen LogP contribution in [-0.2, 0) is 18.3 Å². The Morgan fingerprint density at radius 1 is 0.214 bits per heavy atom. The van der Waals surface area contributed by atoms with Crippen LogP contribution in [0.5, 0.6) is 69.0 Å². The number of phosphoric ester groups is 4. The van der Waals surface area contributed by atoms with Crippen LogP contribution in [0.1, 0.15) is 75.4 Å². The first-order valence-electron chi connectivity index (χ1n) is 31.4. The van der Waals surface area contributed by atoms with Crippen LogP contribution in [0.15, 0.2) is 267 Å². The fourth-order valence-corrected chi connectivity index (χ4v) is 15.0. The minimum atomic E-state index is -4.39. The van der Waals surface area contributed by atoms with E-state index in [0.717, 1.165) is 50.1 Å². The fraction of sp³-hybridized carbons (Fsp3) is 0.154. The highest BCUT2D eigenvalue weighted by Gasteiger charge is 2.39. The normalized spacial score (nSPS) is 11.3. The Balaban J connectivity index is 0.000000189. The molecule has 11 rings (SSSR count). The van der Waals surface area contributed by atoms with Crippen molar-refractivity contribution in [3.8, 4) is 69.0 Å². The van der Waals surface area contributed by atoms with Gasteiger partial charge < -0.3 is 54.3 Å². The van der Waals surface area contributed by atoms with Crippen molar-refractivity contribution in [1.29, 1.82) is 0 Å². The van der Waals surface area contributed by atoms with Gasteiger partial charge in [0.2, 0.25) is 0 Å². The molecule has 0 aliphatic heterocycles. The van der Waals surface area contributed by atoms with Gasteiger partial charge in [-0.25, -0.2) is 0 Å². The number of hydrogen-bond donors (Lipinski definition) is 0. The molecule has 0 radical (unpaired) electrons. The molecule has 506 valence electrons. The summed E-state index contributed by atoms with van der Waals surface area (Å²) in [6.45, 7) is 21.0. The zero-order valence-electron chi connectivity index (χ0n) is 56.3. The summed E-state index contributed by atoms with van der Waals surface area (Å²) in [5.74, 6) is 4.56. The van der Waals surface area contributed by atoms with Gasteiger partial charge in [-0.2, -0.15) is 18.3 Å². The number of aryl methyl sites for hydroxylation is 9. The van der Waals surface area contributed by atoms with Gasteiger partial charge in [-0.05, 0) is 203 Å². The largest absolute Gasteiger partial charge is 0.647 e. The molecule has 16 nitrogen and oxygen atoms in total. The van der Waals surface area contributed by atoms with E-state index >= 15 is 0 Å². The number of phosphoric acid groups is 4. The molecule has 0 unspecified atom stereocenters. The fourth-order valence-electron chi connectivity index (χ4n) is 9.50. The zero-order chi connectivity index (χ0) is 69.9. The van der Waals surface area contributed by atoms with Crippen molar-refractivity contribution in [2.45, 2.75) is 82.1 Å². The molecule has 0 bridgehead atoms. The van der Waals surface area contributed by atoms with Gasteiger partial charge >= 0.3 is 31.3 Å². The lowest BCUT2D eigenvalue weighted by Crippen LogP contribution is -2.11. The lowest BCUT2D eigenvalue weighted by Gasteiger charge is -2.24. The van der Waals surface area contributed by atoms with Gasteiger partial charge in [-0.1, -0.05) is 195 Å². The van der Waals surface area contributed by atoms with Gasteiger partial charge in [0, 0.05) is 6.07 Å². The van der Waals surface area contributed by atoms with E-state index in [1.54, 1.807) is 140 Å². The van der Waals surface area contributed by atoms with E-state index in [4.69, 9.17) is 54.3 Å². The highest BCUT2D eigenvalue weighted by molar-refractivity contribution is 7.50. The molecule has 20 heteroatoms. The highest BCUT2D eigenvalue weighted by atomic mass is 31.2. The summed E-state index contributed by atoms with van der Waals surface area (Å²) in [5, 5.41) is 0. The summed E-state index contributed by atoms with van der Waals surface area (Å²) in [6, 6.07) is 78.4. The molecule has 0 saturated heterocycles. The Morgan fingerprint density at radius 3 is 0.653 bits per heavy atom. The standard InChI is InChI=1S/C38H40O8P2.C21H21O4P.C19H17O4P/c1-25-14-9-15-26(2)35(25)43-47(39,44-36-27(3)16-10-17-28(36)4)41-33-22-13-23-34(24-33)42-48(40,45-37-29(5)18-11-19-30(37)6)46-38-31(7)20-12-21-32(38)8;1-17(2)18-13-15-21(16-14-18)25-26(22,23-19-9-5-3-6-10-19)24-20-11-7-4-8-12-20;1-16-12-14-19(15-13-16)23-24(20,21-17-8-4-2-5-9-17)22-18-10-6-3-7-11-18/h9-24H,1-8H3;3-17H,1-2H3;2-15H,1H3. The zero-order valence-corrected chi connectivity index (χ0v) is 59.9. The maximum atomic E-state index is 14.5. The Kier molecular flexibility index (Phi) is 24.5. The first kappa shape index (κ1) is 72.2. The topological polar surface area (TPSA) is 179 Å². The van der Waals surface area contributed by atoms with Crippen LogP contribution in [0.25, 0.3) is 0 Å². The first-order chi connectivity index (χ1) is 46.9. The molecule has 0 spiro atoms. The van der Waals surface area contributed by atoms with Gasteiger partial charge in [0.1, 0.15) is 69.0 Å². The van der Waals surface area contributed by atoms with E-state index in [9.17, 15) is 18.3 Å². The quantitative estimate of drug-likeness (QED) is 0.0493. The van der Waals surface area contributed by atoms with E-state index in [-0.39, 0.29) is 11.5 Å². The average Bonchev–Trinajstić information content (AvgIpc) is 0.795. The Bertz CT molecular complexity index is 4190. The molecule has 0 saturated carbocycles. The number of benzene rings is 11. The van der Waals surface area contributed by atoms with Gasteiger partial charge in [-0.3, -0.25) is 0 Å². The smallest absolute Gasteiger partial charge is 0.386 e. The van der Waals surface area contributed by atoms with Crippen LogP contribution < -0.4 is 54.3 Å². The van der Waals surface area contributed by atoms with E-state index in [0.29, 0.717) is 63.4 Å². The second kappa shape index (κ2) is 33.3. The predicted octanol–water partition coefficient (Wildman–Crippen LogP) is 23.5. The lowest BCUT2D eigenvalue weighted by atomic mass is 10.0. The van der Waals surface area contributed by atoms with Crippen molar-refractivity contribution in [2.75, 3.05) is 0 Å². The second-order valence-electron chi connectivity index (χ2n) is 23.0. The van der Waals surface area contributed by atoms with Gasteiger partial charge in [-0.15, -0.1) is 0 Å². The molecule has 0 aliphatic rings. The minimum absolute atomic E-state index is 0.0824. The molecule has 11 aromatic rings. The van der Waals surface area contributed by atoms with Crippen LogP contribution in [0.4, 0.5) is 0 Å². The minimum Gasteiger partial charge on any atom is -0.386 e. The van der Waals surface area contributed by atoms with Crippen molar-refractivity contribution >= 4 is 31.3 Å². The molecule has 0 aliphatic carbocycles. The van der Waals surface area contributed by atoms with E-state index in [2.05, 4.69) is 13.8 Å². The summed E-state index contributed by atoms with van der Waals surface area (Å²) in [4.78, 5) is 0. The third-order valence-electron chi connectivity index (χ3n) is 14.5. The van der Waals surface area contributed by atoms with Crippen molar-refractivity contribution < 1.29 is 72.5 Å². The molecule has 0 N–H and O–H groups in total. The van der Waals surface area contributed by atoms with E-state index in [1.807, 2.05) is 184 Å². The molecule has 0 aromatic heterocycles. The maximum Gasteiger partial charge on any atom is 0.647 e. The Labute approximate surface area is 574 Å². The van der Waals surface area contributed by atoms with Crippen molar-refractivity contribution in [3.63, 3.8) is 0 Å². The second-order valence-corrected chi connectivity index (χ2v) is 28.8. The summed E-state index contributed by atoms with van der Waals surface area (Å²) >= 11 is 0. The van der Waals surface area contributed by atoms with Gasteiger partial charge in [0.15, 0.2) is 0 Å². The highest BCUT2D eigenvalue weighted by Crippen LogP contribution is 2.56. The molecular formula is C78H78O16P4. The molecule has 0 heterocycles. The Hall–Kier alpha value is -10.1. The molecular weight excluding hydrogens is 1320 g/mol. The average molecular weight is 1400 g/mol. The van der Waals surface area contributed by atoms with Crippen molar-refractivity contribution in [2.24, 2.45) is 0 Å². The molecule has 0 amide bonds. The molecule has 0 atom stereocenters. The predicted molar refractivity (Wildman–Crippen MR) is 386 cm³/mol. The molecule has 11 aromatic carbocycles. The van der Waals surface area contributed by atoms with Crippen LogP contribution in [0.3, 0.4) is 0 Å². The summed E-state index contributed by atoms with van der Waals surface area (Å²) < 4.78 is 126. The third-order valence-corrected chi connectivity index (χ3v) is 19.6. The molecule has 98 heavy (non-hydrogen) atoms. The van der Waals surface area contributed by atoms with E-state index in [1.165, 1.54) is 11.6 Å². The molecule has 0 fully saturated rings. The van der Waals surface area contributed by atoms with Crippen molar-refractivity contribution in [1.82, 2.24) is 0 Å². The third kappa shape index (κ3) is 21.0. The lowest BCUT2D eigenvalue weighted by molar-refractivity contribution is 0.291. The van der Waals surface area contributed by atoms with Gasteiger partial charge in [0.25, 0.3) is 0 Å². The van der Waals surface area contributed by atoms with Crippen LogP contribution >= 0.6 is 31.3 Å². The van der Waals surface area contributed by atoms with E-state index < -0.39 is 31.3 Å².